The first kappa shape index (κ1) is 24.3. The van der Waals surface area contributed by atoms with Gasteiger partial charge in [-0.3, -0.25) is 10.1 Å². The van der Waals surface area contributed by atoms with Crippen molar-refractivity contribution in [3.05, 3.63) is 76.0 Å². The number of sulfonamides is 1. The van der Waals surface area contributed by atoms with Crippen LogP contribution in [-0.4, -0.2) is 40.7 Å². The van der Waals surface area contributed by atoms with Gasteiger partial charge in [0, 0.05) is 48.6 Å². The average molecular weight is 470 g/mol. The van der Waals surface area contributed by atoms with E-state index in [1.54, 1.807) is 42.5 Å². The fraction of sp³-hybridized carbons (Fsp3) is 0.304. The SMILES string of the molecule is CCN(CC)S(=O)(=O)c1ccc(C(C)Nc2cc(C)nc(-c3cccc([N+](=O)[O-])c3)n2)cc1. The van der Waals surface area contributed by atoms with Crippen molar-refractivity contribution in [3.63, 3.8) is 0 Å². The molecule has 0 aliphatic rings. The van der Waals surface area contributed by atoms with Crippen LogP contribution in [0.4, 0.5) is 11.5 Å². The van der Waals surface area contributed by atoms with Gasteiger partial charge in [0.15, 0.2) is 5.82 Å². The van der Waals surface area contributed by atoms with E-state index in [1.165, 1.54) is 16.4 Å². The van der Waals surface area contributed by atoms with Crippen molar-refractivity contribution in [2.75, 3.05) is 18.4 Å². The number of benzene rings is 2. The van der Waals surface area contributed by atoms with Crippen molar-refractivity contribution in [2.24, 2.45) is 0 Å². The monoisotopic (exact) mass is 469 g/mol. The number of anilines is 1. The Morgan fingerprint density at radius 1 is 1.06 bits per heavy atom. The van der Waals surface area contributed by atoms with E-state index in [9.17, 15) is 18.5 Å². The first-order valence-electron chi connectivity index (χ1n) is 10.6. The Morgan fingerprint density at radius 3 is 2.33 bits per heavy atom. The van der Waals surface area contributed by atoms with Crippen LogP contribution in [0.5, 0.6) is 0 Å². The van der Waals surface area contributed by atoms with Gasteiger partial charge in [0.1, 0.15) is 5.82 Å². The quantitative estimate of drug-likeness (QED) is 0.360. The lowest BCUT2D eigenvalue weighted by Crippen LogP contribution is -2.30. The summed E-state index contributed by atoms with van der Waals surface area (Å²) < 4.78 is 26.8. The second-order valence-electron chi connectivity index (χ2n) is 7.55. The average Bonchev–Trinajstić information content (AvgIpc) is 2.79. The van der Waals surface area contributed by atoms with Crippen LogP contribution in [0.2, 0.25) is 0 Å². The Bertz CT molecular complexity index is 1240. The van der Waals surface area contributed by atoms with E-state index < -0.39 is 14.9 Å². The fourth-order valence-electron chi connectivity index (χ4n) is 3.48. The third-order valence-electron chi connectivity index (χ3n) is 5.26. The van der Waals surface area contributed by atoms with Gasteiger partial charge in [0.25, 0.3) is 5.69 Å². The first-order valence-corrected chi connectivity index (χ1v) is 12.1. The summed E-state index contributed by atoms with van der Waals surface area (Å²) in [7, 11) is -3.51. The van der Waals surface area contributed by atoms with Crippen LogP contribution < -0.4 is 5.32 Å². The minimum absolute atomic E-state index is 0.0276. The molecule has 174 valence electrons. The molecule has 33 heavy (non-hydrogen) atoms. The molecular weight excluding hydrogens is 442 g/mol. The molecule has 10 heteroatoms. The lowest BCUT2D eigenvalue weighted by molar-refractivity contribution is -0.384. The van der Waals surface area contributed by atoms with E-state index >= 15 is 0 Å². The summed E-state index contributed by atoms with van der Waals surface area (Å²) in [6.07, 6.45) is 0. The molecule has 1 aromatic heterocycles. The number of non-ortho nitro benzene ring substituents is 1. The van der Waals surface area contributed by atoms with Crippen molar-refractivity contribution in [2.45, 2.75) is 38.6 Å². The van der Waals surface area contributed by atoms with Crippen LogP contribution in [-0.2, 0) is 10.0 Å². The van der Waals surface area contributed by atoms with Crippen LogP contribution in [0.3, 0.4) is 0 Å². The Morgan fingerprint density at radius 2 is 1.73 bits per heavy atom. The summed E-state index contributed by atoms with van der Waals surface area (Å²) in [6, 6.07) is 14.6. The largest absolute Gasteiger partial charge is 0.363 e. The molecule has 3 rings (SSSR count). The second-order valence-corrected chi connectivity index (χ2v) is 9.49. The third kappa shape index (κ3) is 5.52. The van der Waals surface area contributed by atoms with Gasteiger partial charge in [0.05, 0.1) is 9.82 Å². The molecule has 1 atom stereocenters. The third-order valence-corrected chi connectivity index (χ3v) is 7.32. The number of nitrogens with one attached hydrogen (secondary N) is 1. The predicted molar refractivity (Wildman–Crippen MR) is 127 cm³/mol. The summed E-state index contributed by atoms with van der Waals surface area (Å²) in [6.45, 7) is 8.22. The summed E-state index contributed by atoms with van der Waals surface area (Å²) in [4.78, 5) is 19.8. The molecule has 0 aliphatic carbocycles. The smallest absolute Gasteiger partial charge is 0.270 e. The van der Waals surface area contributed by atoms with Gasteiger partial charge < -0.3 is 5.32 Å². The highest BCUT2D eigenvalue weighted by Crippen LogP contribution is 2.25. The molecular formula is C23H27N5O4S. The van der Waals surface area contributed by atoms with Crippen molar-refractivity contribution in [1.82, 2.24) is 14.3 Å². The van der Waals surface area contributed by atoms with Gasteiger partial charge in [-0.15, -0.1) is 0 Å². The Labute approximate surface area is 193 Å². The highest BCUT2D eigenvalue weighted by atomic mass is 32.2. The second kappa shape index (κ2) is 10.1. The number of hydrogen-bond donors (Lipinski definition) is 1. The zero-order valence-electron chi connectivity index (χ0n) is 19.0. The molecule has 1 unspecified atom stereocenters. The van der Waals surface area contributed by atoms with Crippen molar-refractivity contribution in [1.29, 1.82) is 0 Å². The van der Waals surface area contributed by atoms with E-state index in [1.807, 2.05) is 27.7 Å². The predicted octanol–water partition coefficient (Wildman–Crippen LogP) is 4.56. The number of aromatic nitrogens is 2. The molecule has 1 heterocycles. The Kier molecular flexibility index (Phi) is 7.39. The number of nitro groups is 1. The minimum Gasteiger partial charge on any atom is -0.363 e. The number of aryl methyl sites for hydroxylation is 1. The molecule has 0 spiro atoms. The van der Waals surface area contributed by atoms with Crippen LogP contribution >= 0.6 is 0 Å². The highest BCUT2D eigenvalue weighted by Gasteiger charge is 2.21. The van der Waals surface area contributed by atoms with Gasteiger partial charge >= 0.3 is 0 Å². The lowest BCUT2D eigenvalue weighted by Gasteiger charge is -2.20. The molecule has 2 aromatic carbocycles. The van der Waals surface area contributed by atoms with Crippen molar-refractivity contribution >= 4 is 21.5 Å². The summed E-state index contributed by atoms with van der Waals surface area (Å²) in [5.41, 5.74) is 2.12. The number of hydrogen-bond acceptors (Lipinski definition) is 7. The zero-order chi connectivity index (χ0) is 24.2. The van der Waals surface area contributed by atoms with Crippen LogP contribution in [0.1, 0.15) is 38.1 Å². The number of nitrogens with zero attached hydrogens (tertiary/aromatic N) is 4. The maximum atomic E-state index is 12.7. The van der Waals surface area contributed by atoms with Gasteiger partial charge in [-0.25, -0.2) is 18.4 Å². The molecule has 0 saturated carbocycles. The minimum atomic E-state index is -3.51. The van der Waals surface area contributed by atoms with Crippen LogP contribution in [0.15, 0.2) is 59.5 Å². The molecule has 0 amide bonds. The van der Waals surface area contributed by atoms with E-state index in [2.05, 4.69) is 15.3 Å². The molecule has 1 N–H and O–H groups in total. The van der Waals surface area contributed by atoms with Crippen LogP contribution in [0.25, 0.3) is 11.4 Å². The summed E-state index contributed by atoms with van der Waals surface area (Å²) in [5.74, 6) is 0.949. The fourth-order valence-corrected chi connectivity index (χ4v) is 4.93. The summed E-state index contributed by atoms with van der Waals surface area (Å²) >= 11 is 0. The van der Waals surface area contributed by atoms with Gasteiger partial charge in [-0.05, 0) is 31.5 Å². The molecule has 0 aliphatic heterocycles. The molecule has 0 bridgehead atoms. The van der Waals surface area contributed by atoms with Gasteiger partial charge in [0.2, 0.25) is 10.0 Å². The topological polar surface area (TPSA) is 118 Å². The number of rotatable bonds is 9. The van der Waals surface area contributed by atoms with Crippen molar-refractivity contribution < 1.29 is 13.3 Å². The van der Waals surface area contributed by atoms with E-state index in [4.69, 9.17) is 0 Å². The number of nitro benzene ring substituents is 1. The molecule has 0 fully saturated rings. The van der Waals surface area contributed by atoms with E-state index in [-0.39, 0.29) is 16.6 Å². The first-order chi connectivity index (χ1) is 15.6. The Balaban J connectivity index is 1.83. The lowest BCUT2D eigenvalue weighted by atomic mass is 10.1. The molecule has 0 saturated heterocycles. The molecule has 9 nitrogen and oxygen atoms in total. The molecule has 0 radical (unpaired) electrons. The van der Waals surface area contributed by atoms with Crippen LogP contribution in [0, 0.1) is 17.0 Å². The van der Waals surface area contributed by atoms with Gasteiger partial charge in [-0.1, -0.05) is 38.1 Å². The zero-order valence-corrected chi connectivity index (χ0v) is 19.8. The molecule has 3 aromatic rings. The maximum Gasteiger partial charge on any atom is 0.270 e. The standard InChI is InChI=1S/C23H27N5O4S/c1-5-27(6-2)33(31,32)21-12-10-18(11-13-21)17(4)25-22-14-16(3)24-23(26-22)19-8-7-9-20(15-19)28(29)30/h7-15,17H,5-6H2,1-4H3,(H,24,25,26). The summed E-state index contributed by atoms with van der Waals surface area (Å²) in [5, 5.41) is 14.4. The van der Waals surface area contributed by atoms with Gasteiger partial charge in [-0.2, -0.15) is 4.31 Å². The highest BCUT2D eigenvalue weighted by molar-refractivity contribution is 7.89. The van der Waals surface area contributed by atoms with E-state index in [0.29, 0.717) is 36.0 Å². The van der Waals surface area contributed by atoms with Crippen molar-refractivity contribution in [3.8, 4) is 11.4 Å². The normalized spacial score (nSPS) is 12.5. The maximum absolute atomic E-state index is 12.7. The Hall–Kier alpha value is -3.37. The van der Waals surface area contributed by atoms with E-state index in [0.717, 1.165) is 5.56 Å².